The molecule has 0 saturated carbocycles. The van der Waals surface area contributed by atoms with E-state index in [0.717, 1.165) is 18.2 Å². The fraction of sp³-hybridized carbons (Fsp3) is 0.375. The Bertz CT molecular complexity index is 810. The third kappa shape index (κ3) is 4.45. The van der Waals surface area contributed by atoms with Crippen molar-refractivity contribution in [2.45, 2.75) is 31.5 Å². The van der Waals surface area contributed by atoms with Gasteiger partial charge in [0.2, 0.25) is 18.6 Å². The molecule has 0 fully saturated rings. The van der Waals surface area contributed by atoms with E-state index in [1.54, 1.807) is 18.2 Å². The molecule has 1 aliphatic rings. The molecular weight excluding hydrogens is 360 g/mol. The molecule has 138 valence electrons. The number of aromatic nitrogens is 2. The topological polar surface area (TPSA) is 116 Å². The highest BCUT2D eigenvalue weighted by atomic mass is 32.2. The number of rotatable bonds is 6. The molecule has 2 N–H and O–H groups in total. The zero-order valence-corrected chi connectivity index (χ0v) is 15.1. The van der Waals surface area contributed by atoms with Crippen LogP contribution >= 0.6 is 11.8 Å². The third-order valence-electron chi connectivity index (χ3n) is 3.60. The lowest BCUT2D eigenvalue weighted by Gasteiger charge is -2.11. The van der Waals surface area contributed by atoms with Gasteiger partial charge in [0.25, 0.3) is 5.22 Å². The molecule has 2 heterocycles. The predicted octanol–water partition coefficient (Wildman–Crippen LogP) is 2.18. The van der Waals surface area contributed by atoms with Gasteiger partial charge in [-0.2, -0.15) is 0 Å². The fourth-order valence-corrected chi connectivity index (χ4v) is 2.63. The van der Waals surface area contributed by atoms with Gasteiger partial charge >= 0.3 is 6.03 Å². The second kappa shape index (κ2) is 8.09. The van der Waals surface area contributed by atoms with Gasteiger partial charge < -0.3 is 19.2 Å². The van der Waals surface area contributed by atoms with Crippen molar-refractivity contribution in [2.24, 2.45) is 0 Å². The number of hydrogen-bond donors (Lipinski definition) is 2. The maximum absolute atomic E-state index is 11.8. The average Bonchev–Trinajstić information content (AvgIpc) is 3.28. The molecular formula is C16H18N4O5S. The largest absolute Gasteiger partial charge is 0.454 e. The first-order valence-electron chi connectivity index (χ1n) is 8.02. The minimum atomic E-state index is -0.517. The van der Waals surface area contributed by atoms with E-state index in [1.807, 2.05) is 13.8 Å². The van der Waals surface area contributed by atoms with Crippen LogP contribution in [0.5, 0.6) is 11.5 Å². The van der Waals surface area contributed by atoms with Crippen LogP contribution in [0.3, 0.4) is 0 Å². The summed E-state index contributed by atoms with van der Waals surface area (Å²) in [7, 11) is 0. The van der Waals surface area contributed by atoms with Gasteiger partial charge in [0.15, 0.2) is 11.5 Å². The summed E-state index contributed by atoms with van der Waals surface area (Å²) in [4.78, 5) is 23.4. The minimum Gasteiger partial charge on any atom is -0.454 e. The summed E-state index contributed by atoms with van der Waals surface area (Å²) >= 11 is 1.05. The number of nitrogens with zero attached hydrogens (tertiary/aromatic N) is 2. The monoisotopic (exact) mass is 378 g/mol. The van der Waals surface area contributed by atoms with Crippen LogP contribution in [0.15, 0.2) is 27.8 Å². The Morgan fingerprint density at radius 1 is 1.27 bits per heavy atom. The van der Waals surface area contributed by atoms with Crippen LogP contribution in [0.2, 0.25) is 0 Å². The van der Waals surface area contributed by atoms with Crippen LogP contribution in [0, 0.1) is 0 Å². The smallest absolute Gasteiger partial charge is 0.321 e. The number of benzene rings is 1. The molecule has 0 bridgehead atoms. The Morgan fingerprint density at radius 2 is 2.08 bits per heavy atom. The van der Waals surface area contributed by atoms with Crippen LogP contribution in [0.4, 0.5) is 4.79 Å². The van der Waals surface area contributed by atoms with Crippen molar-refractivity contribution in [1.29, 1.82) is 0 Å². The van der Waals surface area contributed by atoms with Crippen molar-refractivity contribution in [2.75, 3.05) is 12.5 Å². The Labute approximate surface area is 153 Å². The molecule has 10 heteroatoms. The number of fused-ring (bicyclic) bond motifs is 1. The molecule has 0 spiro atoms. The fourth-order valence-electron chi connectivity index (χ4n) is 2.07. The van der Waals surface area contributed by atoms with Gasteiger partial charge in [-0.25, -0.2) is 4.79 Å². The minimum absolute atomic E-state index is 0.00403. The van der Waals surface area contributed by atoms with Gasteiger partial charge in [-0.15, -0.1) is 10.2 Å². The number of imide groups is 1. The van der Waals surface area contributed by atoms with Gasteiger partial charge in [-0.3, -0.25) is 10.1 Å². The molecule has 9 nitrogen and oxygen atoms in total. The van der Waals surface area contributed by atoms with E-state index in [1.165, 1.54) is 0 Å². The lowest BCUT2D eigenvalue weighted by molar-refractivity contribution is -0.117. The average molecular weight is 378 g/mol. The molecule has 26 heavy (non-hydrogen) atoms. The van der Waals surface area contributed by atoms with Crippen LogP contribution in [-0.2, 0) is 4.79 Å². The second-order valence-corrected chi connectivity index (χ2v) is 6.49. The van der Waals surface area contributed by atoms with E-state index >= 15 is 0 Å². The number of nitrogens with one attached hydrogen (secondary N) is 2. The van der Waals surface area contributed by atoms with Gasteiger partial charge in [-0.1, -0.05) is 18.7 Å². The van der Waals surface area contributed by atoms with E-state index in [2.05, 4.69) is 20.8 Å². The number of urea groups is 1. The second-order valence-electron chi connectivity index (χ2n) is 5.56. The standard InChI is InChI=1S/C16H18N4O5S/c1-3-9(2)17-15(22)18-13(21)7-26-16-20-19-14(25-16)10-4-5-11-12(6-10)24-8-23-11/h4-6,9H,3,7-8H2,1-2H3,(H2,17,18,21,22)/t9-/m1/s1. The van der Waals surface area contributed by atoms with Crippen LogP contribution in [0.1, 0.15) is 20.3 Å². The molecule has 0 unspecified atom stereocenters. The first kappa shape index (κ1) is 18.1. The first-order valence-corrected chi connectivity index (χ1v) is 9.00. The van der Waals surface area contributed by atoms with E-state index in [0.29, 0.717) is 23.0 Å². The number of amides is 3. The van der Waals surface area contributed by atoms with Crippen molar-refractivity contribution in [3.05, 3.63) is 18.2 Å². The van der Waals surface area contributed by atoms with Gasteiger partial charge in [-0.05, 0) is 31.5 Å². The number of carbonyl (C=O) groups excluding carboxylic acids is 2. The normalized spacial score (nSPS) is 13.3. The molecule has 1 aliphatic heterocycles. The maximum Gasteiger partial charge on any atom is 0.321 e. The maximum atomic E-state index is 11.8. The van der Waals surface area contributed by atoms with Crippen LogP contribution in [0.25, 0.3) is 11.5 Å². The quantitative estimate of drug-likeness (QED) is 0.735. The zero-order valence-electron chi connectivity index (χ0n) is 14.3. The Kier molecular flexibility index (Phi) is 5.61. The summed E-state index contributed by atoms with van der Waals surface area (Å²) in [5.41, 5.74) is 0.686. The summed E-state index contributed by atoms with van der Waals surface area (Å²) in [6.07, 6.45) is 0.779. The van der Waals surface area contributed by atoms with Crippen molar-refractivity contribution in [1.82, 2.24) is 20.8 Å². The van der Waals surface area contributed by atoms with Crippen LogP contribution in [-0.4, -0.2) is 40.7 Å². The molecule has 1 aromatic carbocycles. The van der Waals surface area contributed by atoms with E-state index in [9.17, 15) is 9.59 Å². The molecule has 1 aromatic heterocycles. The molecule has 2 aromatic rings. The first-order chi connectivity index (χ1) is 12.5. The SMILES string of the molecule is CC[C@@H](C)NC(=O)NC(=O)CSc1nnc(-c2ccc3c(c2)OCO3)o1. The molecule has 3 amide bonds. The lowest BCUT2D eigenvalue weighted by atomic mass is 10.2. The van der Waals surface area contributed by atoms with E-state index in [-0.39, 0.29) is 23.8 Å². The highest BCUT2D eigenvalue weighted by Gasteiger charge is 2.17. The van der Waals surface area contributed by atoms with E-state index < -0.39 is 11.9 Å². The van der Waals surface area contributed by atoms with Crippen molar-refractivity contribution in [3.8, 4) is 23.0 Å². The number of ether oxygens (including phenoxy) is 2. The number of carbonyl (C=O) groups is 2. The van der Waals surface area contributed by atoms with Crippen molar-refractivity contribution >= 4 is 23.7 Å². The molecule has 0 saturated heterocycles. The summed E-state index contributed by atoms with van der Waals surface area (Å²) < 4.78 is 16.1. The van der Waals surface area contributed by atoms with Crippen molar-refractivity contribution < 1.29 is 23.5 Å². The highest BCUT2D eigenvalue weighted by Crippen LogP contribution is 2.35. The zero-order chi connectivity index (χ0) is 18.5. The third-order valence-corrected chi connectivity index (χ3v) is 4.41. The number of thioether (sulfide) groups is 1. The van der Waals surface area contributed by atoms with Crippen molar-refractivity contribution in [3.63, 3.8) is 0 Å². The summed E-state index contributed by atoms with van der Waals surface area (Å²) in [5.74, 6) is 1.12. The van der Waals surface area contributed by atoms with Gasteiger partial charge in [0, 0.05) is 11.6 Å². The Hall–Kier alpha value is -2.75. The summed E-state index contributed by atoms with van der Waals surface area (Å²) in [6, 6.07) is 4.77. The Balaban J connectivity index is 1.52. The van der Waals surface area contributed by atoms with E-state index in [4.69, 9.17) is 13.9 Å². The highest BCUT2D eigenvalue weighted by molar-refractivity contribution is 7.99. The lowest BCUT2D eigenvalue weighted by Crippen LogP contribution is -2.43. The molecule has 0 radical (unpaired) electrons. The molecule has 0 aliphatic carbocycles. The summed E-state index contributed by atoms with van der Waals surface area (Å²) in [6.45, 7) is 3.98. The van der Waals surface area contributed by atoms with Gasteiger partial charge in [0.1, 0.15) is 0 Å². The molecule has 3 rings (SSSR count). The van der Waals surface area contributed by atoms with Crippen LogP contribution < -0.4 is 20.1 Å². The van der Waals surface area contributed by atoms with Gasteiger partial charge in [0.05, 0.1) is 5.75 Å². The Morgan fingerprint density at radius 3 is 2.88 bits per heavy atom. The molecule has 1 atom stereocenters. The predicted molar refractivity (Wildman–Crippen MR) is 93.0 cm³/mol. The summed E-state index contributed by atoms with van der Waals surface area (Å²) in [5, 5.41) is 13.0. The number of hydrogen-bond acceptors (Lipinski definition) is 8.